The Hall–Kier alpha value is -3.04. The van der Waals surface area contributed by atoms with Gasteiger partial charge in [0, 0.05) is 35.6 Å². The molecule has 0 aromatic heterocycles. The fourth-order valence-electron chi connectivity index (χ4n) is 4.53. The Kier molecular flexibility index (Phi) is 21.0. The van der Waals surface area contributed by atoms with Gasteiger partial charge in [0.05, 0.1) is 0 Å². The Labute approximate surface area is 248 Å². The summed E-state index contributed by atoms with van der Waals surface area (Å²) >= 11 is 0. The van der Waals surface area contributed by atoms with Gasteiger partial charge in [0.2, 0.25) is 0 Å². The van der Waals surface area contributed by atoms with Crippen LogP contribution in [0.1, 0.15) is 86.8 Å². The van der Waals surface area contributed by atoms with Gasteiger partial charge >= 0.3 is 0 Å². The van der Waals surface area contributed by atoms with Gasteiger partial charge in [-0.1, -0.05) is 101 Å². The summed E-state index contributed by atoms with van der Waals surface area (Å²) in [6.45, 7) is 28.6. The summed E-state index contributed by atoms with van der Waals surface area (Å²) in [4.78, 5) is 2.45. The molecule has 0 spiro atoms. The van der Waals surface area contributed by atoms with Crippen molar-refractivity contribution < 1.29 is 0 Å². The first-order valence-electron chi connectivity index (χ1n) is 15.3. The lowest BCUT2D eigenvalue weighted by Gasteiger charge is -2.18. The molecule has 0 saturated carbocycles. The number of unbranched alkanes of at least 4 members (excludes halogenated alkanes) is 2. The maximum Gasteiger partial charge on any atom is 0.0416 e. The minimum Gasteiger partial charge on any atom is -0.385 e. The molecule has 0 bridgehead atoms. The van der Waals surface area contributed by atoms with Crippen molar-refractivity contribution in [2.75, 3.05) is 33.2 Å². The average Bonchev–Trinajstić information content (AvgIpc) is 2.94. The van der Waals surface area contributed by atoms with E-state index in [1.807, 2.05) is 39.8 Å². The van der Waals surface area contributed by atoms with Crippen molar-refractivity contribution in [1.82, 2.24) is 15.5 Å². The molecule has 0 fully saturated rings. The van der Waals surface area contributed by atoms with Crippen LogP contribution in [-0.4, -0.2) is 38.1 Å². The molecule has 2 aromatic rings. The second kappa shape index (κ2) is 22.7. The lowest BCUT2D eigenvalue weighted by molar-refractivity contribution is 0.318. The minimum absolute atomic E-state index is 0.974. The highest BCUT2D eigenvalue weighted by atomic mass is 15.1. The van der Waals surface area contributed by atoms with Crippen molar-refractivity contribution in [2.24, 2.45) is 0 Å². The minimum atomic E-state index is 0.974. The zero-order valence-corrected chi connectivity index (χ0v) is 27.3. The summed E-state index contributed by atoms with van der Waals surface area (Å²) in [6, 6.07) is 13.2. The molecule has 40 heavy (non-hydrogen) atoms. The van der Waals surface area contributed by atoms with Crippen LogP contribution in [0.15, 0.2) is 73.9 Å². The summed E-state index contributed by atoms with van der Waals surface area (Å²) in [5.41, 5.74) is 10.0. The van der Waals surface area contributed by atoms with Gasteiger partial charge in [-0.05, 0) is 96.8 Å². The second-order valence-electron chi connectivity index (χ2n) is 9.84. The van der Waals surface area contributed by atoms with Crippen molar-refractivity contribution in [3.05, 3.63) is 107 Å². The van der Waals surface area contributed by atoms with E-state index in [-0.39, 0.29) is 0 Å². The van der Waals surface area contributed by atoms with Crippen LogP contribution < -0.4 is 10.6 Å². The number of hydrogen-bond donors (Lipinski definition) is 2. The van der Waals surface area contributed by atoms with Crippen LogP contribution in [0.25, 0.3) is 11.4 Å². The van der Waals surface area contributed by atoms with Crippen molar-refractivity contribution in [1.29, 1.82) is 0 Å². The molecular formula is C37H59N3. The van der Waals surface area contributed by atoms with Gasteiger partial charge in [0.15, 0.2) is 0 Å². The lowest BCUT2D eigenvalue weighted by Crippen LogP contribution is -2.23. The molecule has 0 amide bonds. The van der Waals surface area contributed by atoms with E-state index in [9.17, 15) is 0 Å². The van der Waals surface area contributed by atoms with Crippen LogP contribution in [-0.2, 0) is 0 Å². The van der Waals surface area contributed by atoms with Crippen LogP contribution in [0, 0.1) is 27.7 Å². The number of aryl methyl sites for hydroxylation is 4. The largest absolute Gasteiger partial charge is 0.385 e. The molecule has 2 rings (SSSR count). The fraction of sp³-hybridized carbons (Fsp3) is 0.459. The van der Waals surface area contributed by atoms with Gasteiger partial charge in [0.25, 0.3) is 0 Å². The van der Waals surface area contributed by atoms with Crippen molar-refractivity contribution >= 4 is 11.4 Å². The van der Waals surface area contributed by atoms with E-state index >= 15 is 0 Å². The van der Waals surface area contributed by atoms with Crippen LogP contribution >= 0.6 is 0 Å². The lowest BCUT2D eigenvalue weighted by atomic mass is 10.0. The van der Waals surface area contributed by atoms with E-state index in [1.54, 1.807) is 0 Å². The zero-order chi connectivity index (χ0) is 30.3. The summed E-state index contributed by atoms with van der Waals surface area (Å²) in [5, 5.41) is 7.25. The summed E-state index contributed by atoms with van der Waals surface area (Å²) in [7, 11) is 2.23. The van der Waals surface area contributed by atoms with Crippen LogP contribution in [0.2, 0.25) is 0 Å². The standard InChI is InChI=1S/C33H47N3.2C2H6/c1-8-14-32(30-18-16-26(3)24-28(30)5)34-20-10-12-22-36(7)23-13-11-21-35-33(15-9-2)31-19-17-27(4)25-29(31)6;2*1-2/h8-9,14-19,24-25,34-35H,1-2,10-13,20-23H2,3-7H3;2*1-2H3/b32-14+,33-15+;;. The highest BCUT2D eigenvalue weighted by Crippen LogP contribution is 2.19. The number of allylic oxidation sites excluding steroid dienone is 4. The van der Waals surface area contributed by atoms with E-state index in [4.69, 9.17) is 0 Å². The van der Waals surface area contributed by atoms with E-state index in [1.165, 1.54) is 46.2 Å². The average molecular weight is 546 g/mol. The maximum atomic E-state index is 3.89. The molecule has 0 aliphatic rings. The summed E-state index contributed by atoms with van der Waals surface area (Å²) < 4.78 is 0. The van der Waals surface area contributed by atoms with Gasteiger partial charge in [-0.15, -0.1) is 0 Å². The van der Waals surface area contributed by atoms with Gasteiger partial charge in [-0.3, -0.25) is 0 Å². The van der Waals surface area contributed by atoms with E-state index in [0.717, 1.165) is 50.4 Å². The second-order valence-corrected chi connectivity index (χ2v) is 9.84. The first kappa shape index (κ1) is 37.0. The van der Waals surface area contributed by atoms with Crippen LogP contribution in [0.4, 0.5) is 0 Å². The SMILES string of the molecule is C=C/C=C(/NCCCCN(C)CCCCN/C(=C/C=C)c1ccc(C)cc1C)c1ccc(C)cc1C.CC.CC. The highest BCUT2D eigenvalue weighted by molar-refractivity contribution is 5.69. The molecule has 0 aliphatic carbocycles. The molecule has 2 N–H and O–H groups in total. The van der Waals surface area contributed by atoms with Crippen molar-refractivity contribution in [3.8, 4) is 0 Å². The number of benzene rings is 2. The number of rotatable bonds is 16. The Morgan fingerprint density at radius 3 is 1.35 bits per heavy atom. The van der Waals surface area contributed by atoms with Gasteiger partial charge in [0.1, 0.15) is 0 Å². The quantitative estimate of drug-likeness (QED) is 0.162. The third kappa shape index (κ3) is 14.4. The zero-order valence-electron chi connectivity index (χ0n) is 27.3. The molecule has 0 unspecified atom stereocenters. The maximum absolute atomic E-state index is 3.89. The first-order valence-corrected chi connectivity index (χ1v) is 15.3. The predicted octanol–water partition coefficient (Wildman–Crippen LogP) is 9.40. The summed E-state index contributed by atoms with van der Waals surface area (Å²) in [5.74, 6) is 0. The van der Waals surface area contributed by atoms with Gasteiger partial charge in [-0.2, -0.15) is 0 Å². The monoisotopic (exact) mass is 545 g/mol. The molecule has 2 aromatic carbocycles. The Balaban J connectivity index is 0.00000363. The summed E-state index contributed by atoms with van der Waals surface area (Å²) in [6.07, 6.45) is 12.6. The molecular weight excluding hydrogens is 486 g/mol. The van der Waals surface area contributed by atoms with Crippen molar-refractivity contribution in [3.63, 3.8) is 0 Å². The molecule has 3 heteroatoms. The molecule has 0 saturated heterocycles. The molecule has 0 heterocycles. The van der Waals surface area contributed by atoms with E-state index in [0.29, 0.717) is 0 Å². The Morgan fingerprint density at radius 2 is 1.02 bits per heavy atom. The smallest absolute Gasteiger partial charge is 0.0416 e. The Morgan fingerprint density at radius 1 is 0.650 bits per heavy atom. The topological polar surface area (TPSA) is 27.3 Å². The van der Waals surface area contributed by atoms with E-state index in [2.05, 4.69) is 112 Å². The van der Waals surface area contributed by atoms with Crippen LogP contribution in [0.5, 0.6) is 0 Å². The van der Waals surface area contributed by atoms with Crippen molar-refractivity contribution in [2.45, 2.75) is 81.1 Å². The fourth-order valence-corrected chi connectivity index (χ4v) is 4.53. The third-order valence-electron chi connectivity index (χ3n) is 6.48. The third-order valence-corrected chi connectivity index (χ3v) is 6.48. The van der Waals surface area contributed by atoms with Gasteiger partial charge < -0.3 is 15.5 Å². The normalized spacial score (nSPS) is 11.2. The van der Waals surface area contributed by atoms with Crippen LogP contribution in [0.3, 0.4) is 0 Å². The Bertz CT molecular complexity index is 962. The molecule has 3 nitrogen and oxygen atoms in total. The molecule has 0 radical (unpaired) electrons. The predicted molar refractivity (Wildman–Crippen MR) is 183 cm³/mol. The number of nitrogens with one attached hydrogen (secondary N) is 2. The van der Waals surface area contributed by atoms with Gasteiger partial charge in [-0.25, -0.2) is 0 Å². The highest BCUT2D eigenvalue weighted by Gasteiger charge is 2.06. The number of hydrogen-bond acceptors (Lipinski definition) is 3. The molecule has 222 valence electrons. The first-order chi connectivity index (χ1) is 19.3. The molecule has 0 aliphatic heterocycles. The van der Waals surface area contributed by atoms with E-state index < -0.39 is 0 Å². The number of nitrogens with zero attached hydrogens (tertiary/aromatic N) is 1. The molecule has 0 atom stereocenters.